The molecular formula is C18H17N3S2. The van der Waals surface area contributed by atoms with E-state index in [0.29, 0.717) is 5.92 Å². The lowest BCUT2D eigenvalue weighted by Crippen LogP contribution is -2.00. The second-order valence-electron chi connectivity index (χ2n) is 5.62. The molecule has 23 heavy (non-hydrogen) atoms. The third-order valence-electron chi connectivity index (χ3n) is 3.82. The molecule has 3 nitrogen and oxygen atoms in total. The van der Waals surface area contributed by atoms with Crippen molar-refractivity contribution in [3.8, 4) is 5.69 Å². The van der Waals surface area contributed by atoms with Gasteiger partial charge in [-0.1, -0.05) is 59.3 Å². The van der Waals surface area contributed by atoms with Crippen LogP contribution in [0.3, 0.4) is 0 Å². The first kappa shape index (κ1) is 14.8. The Hall–Kier alpha value is -1.72. The maximum atomic E-state index is 4.46. The summed E-state index contributed by atoms with van der Waals surface area (Å²) in [4.78, 5) is 0. The molecule has 1 fully saturated rings. The van der Waals surface area contributed by atoms with Crippen LogP contribution in [0.2, 0.25) is 0 Å². The average molecular weight is 339 g/mol. The van der Waals surface area contributed by atoms with Gasteiger partial charge in [-0.05, 0) is 41.3 Å². The van der Waals surface area contributed by atoms with Gasteiger partial charge >= 0.3 is 0 Å². The number of nitrogens with zero attached hydrogens (tertiary/aromatic N) is 3. The Labute approximate surface area is 143 Å². The number of hydrogen-bond donors (Lipinski definition) is 0. The minimum Gasteiger partial charge on any atom is -0.273 e. The van der Waals surface area contributed by atoms with Gasteiger partial charge in [0.2, 0.25) is 5.16 Å². The zero-order valence-corrected chi connectivity index (χ0v) is 14.3. The van der Waals surface area contributed by atoms with Crippen molar-refractivity contribution in [1.82, 2.24) is 14.8 Å². The molecule has 2 aromatic carbocycles. The lowest BCUT2D eigenvalue weighted by atomic mass is 10.2. The zero-order chi connectivity index (χ0) is 15.5. The van der Waals surface area contributed by atoms with Gasteiger partial charge in [0.15, 0.2) is 0 Å². The third kappa shape index (κ3) is 3.46. The highest BCUT2D eigenvalue weighted by Crippen LogP contribution is 2.42. The quantitative estimate of drug-likeness (QED) is 0.586. The molecule has 0 N–H and O–H groups in total. The van der Waals surface area contributed by atoms with Crippen molar-refractivity contribution in [2.45, 2.75) is 29.7 Å². The van der Waals surface area contributed by atoms with E-state index in [4.69, 9.17) is 0 Å². The van der Waals surface area contributed by atoms with E-state index >= 15 is 0 Å². The number of benzene rings is 2. The molecule has 0 spiro atoms. The molecule has 1 heterocycles. The minimum absolute atomic E-state index is 0.580. The van der Waals surface area contributed by atoms with E-state index < -0.39 is 0 Å². The van der Waals surface area contributed by atoms with Crippen molar-refractivity contribution in [3.05, 3.63) is 72.1 Å². The number of hydrogen-bond acceptors (Lipinski definition) is 4. The Morgan fingerprint density at radius 3 is 2.30 bits per heavy atom. The Balaban J connectivity index is 1.54. The Bertz CT molecular complexity index is 767. The van der Waals surface area contributed by atoms with Crippen LogP contribution in [0.4, 0.5) is 0 Å². The minimum atomic E-state index is 0.580. The van der Waals surface area contributed by atoms with Crippen LogP contribution >= 0.6 is 21.6 Å². The fourth-order valence-electron chi connectivity index (χ4n) is 2.49. The fourth-order valence-corrected chi connectivity index (χ4v) is 4.55. The highest BCUT2D eigenvalue weighted by Gasteiger charge is 2.31. The number of para-hydroxylation sites is 1. The van der Waals surface area contributed by atoms with E-state index in [0.717, 1.165) is 22.4 Å². The summed E-state index contributed by atoms with van der Waals surface area (Å²) in [6, 6.07) is 21.0. The van der Waals surface area contributed by atoms with Gasteiger partial charge in [0.25, 0.3) is 0 Å². The van der Waals surface area contributed by atoms with Gasteiger partial charge in [-0.2, -0.15) is 0 Å². The maximum absolute atomic E-state index is 4.46. The van der Waals surface area contributed by atoms with Crippen LogP contribution in [0.15, 0.2) is 65.8 Å². The van der Waals surface area contributed by atoms with Crippen LogP contribution in [0.1, 0.15) is 30.1 Å². The molecule has 4 rings (SSSR count). The topological polar surface area (TPSA) is 30.7 Å². The molecule has 1 saturated carbocycles. The summed E-state index contributed by atoms with van der Waals surface area (Å²) < 4.78 is 2.22. The first-order valence-corrected chi connectivity index (χ1v) is 10.1. The van der Waals surface area contributed by atoms with Crippen molar-refractivity contribution in [3.63, 3.8) is 0 Å². The van der Waals surface area contributed by atoms with E-state index in [1.807, 2.05) is 16.9 Å². The predicted molar refractivity (Wildman–Crippen MR) is 96.9 cm³/mol. The normalized spacial score (nSPS) is 14.1. The number of rotatable bonds is 6. The van der Waals surface area contributed by atoms with E-state index in [-0.39, 0.29) is 0 Å². The van der Waals surface area contributed by atoms with Crippen molar-refractivity contribution in [1.29, 1.82) is 0 Å². The van der Waals surface area contributed by atoms with E-state index in [1.165, 1.54) is 18.4 Å². The second kappa shape index (κ2) is 6.81. The fraction of sp³-hybridized carbons (Fsp3) is 0.222. The largest absolute Gasteiger partial charge is 0.273 e. The molecule has 1 aliphatic rings. The van der Waals surface area contributed by atoms with Crippen LogP contribution in [-0.4, -0.2) is 14.8 Å². The van der Waals surface area contributed by atoms with Gasteiger partial charge < -0.3 is 0 Å². The third-order valence-corrected chi connectivity index (χ3v) is 5.95. The summed E-state index contributed by atoms with van der Waals surface area (Å²) in [6.07, 6.45) is 2.46. The highest BCUT2D eigenvalue weighted by molar-refractivity contribution is 8.76. The summed E-state index contributed by atoms with van der Waals surface area (Å²) in [5.74, 6) is 2.65. The Morgan fingerprint density at radius 1 is 0.913 bits per heavy atom. The van der Waals surface area contributed by atoms with Gasteiger partial charge in [-0.3, -0.25) is 4.57 Å². The van der Waals surface area contributed by atoms with Crippen molar-refractivity contribution in [2.24, 2.45) is 0 Å². The van der Waals surface area contributed by atoms with Crippen LogP contribution in [0, 0.1) is 0 Å². The molecule has 1 aromatic heterocycles. The SMILES string of the molecule is c1ccc(CSSc2nnc(C3CC3)n2-c2ccccc2)cc1. The van der Waals surface area contributed by atoms with Crippen LogP contribution < -0.4 is 0 Å². The summed E-state index contributed by atoms with van der Waals surface area (Å²) >= 11 is 0. The summed E-state index contributed by atoms with van der Waals surface area (Å²) in [6.45, 7) is 0. The first-order valence-electron chi connectivity index (χ1n) is 7.76. The molecule has 0 radical (unpaired) electrons. The van der Waals surface area contributed by atoms with Crippen molar-refractivity contribution in [2.75, 3.05) is 0 Å². The monoisotopic (exact) mass is 339 g/mol. The summed E-state index contributed by atoms with van der Waals surface area (Å²) in [5.41, 5.74) is 2.49. The smallest absolute Gasteiger partial charge is 0.206 e. The molecule has 0 saturated heterocycles. The molecule has 3 aromatic rings. The summed E-state index contributed by atoms with van der Waals surface area (Å²) in [7, 11) is 3.52. The van der Waals surface area contributed by atoms with Crippen molar-refractivity contribution < 1.29 is 0 Å². The molecular weight excluding hydrogens is 322 g/mol. The van der Waals surface area contributed by atoms with Gasteiger partial charge in [0.1, 0.15) is 5.82 Å². The summed E-state index contributed by atoms with van der Waals surface area (Å²) in [5, 5.41) is 9.87. The highest BCUT2D eigenvalue weighted by atomic mass is 33.1. The molecule has 116 valence electrons. The Morgan fingerprint density at radius 2 is 1.61 bits per heavy atom. The standard InChI is InChI=1S/C18H17N3S2/c1-3-7-14(8-4-1)13-22-23-18-20-19-17(15-11-12-15)21(18)16-9-5-2-6-10-16/h1-10,15H,11-13H2. The molecule has 0 atom stereocenters. The second-order valence-corrected chi connectivity index (χ2v) is 7.88. The average Bonchev–Trinajstić information content (AvgIpc) is 3.37. The molecule has 0 bridgehead atoms. The van der Waals surface area contributed by atoms with E-state index in [9.17, 15) is 0 Å². The van der Waals surface area contributed by atoms with Gasteiger partial charge in [0, 0.05) is 17.4 Å². The lowest BCUT2D eigenvalue weighted by Gasteiger charge is -2.09. The number of aromatic nitrogens is 3. The maximum Gasteiger partial charge on any atom is 0.206 e. The molecule has 0 unspecified atom stereocenters. The van der Waals surface area contributed by atoms with Crippen LogP contribution in [-0.2, 0) is 5.75 Å². The molecule has 1 aliphatic carbocycles. The van der Waals surface area contributed by atoms with Gasteiger partial charge in [-0.25, -0.2) is 0 Å². The molecule has 0 aliphatic heterocycles. The van der Waals surface area contributed by atoms with Crippen LogP contribution in [0.5, 0.6) is 0 Å². The lowest BCUT2D eigenvalue weighted by molar-refractivity contribution is 0.832. The van der Waals surface area contributed by atoms with Crippen molar-refractivity contribution >= 4 is 21.6 Å². The van der Waals surface area contributed by atoms with Gasteiger partial charge in [-0.15, -0.1) is 10.2 Å². The van der Waals surface area contributed by atoms with E-state index in [2.05, 4.69) is 69.4 Å². The van der Waals surface area contributed by atoms with E-state index in [1.54, 1.807) is 10.8 Å². The van der Waals surface area contributed by atoms with Crippen LogP contribution in [0.25, 0.3) is 5.69 Å². The first-order chi connectivity index (χ1) is 11.4. The Kier molecular flexibility index (Phi) is 4.39. The zero-order valence-electron chi connectivity index (χ0n) is 12.6. The molecule has 5 heteroatoms. The van der Waals surface area contributed by atoms with Gasteiger partial charge in [0.05, 0.1) is 0 Å². The predicted octanol–water partition coefficient (Wildman–Crippen LogP) is 5.09. The molecule has 0 amide bonds.